The lowest BCUT2D eigenvalue weighted by molar-refractivity contribution is -0.121. The summed E-state index contributed by atoms with van der Waals surface area (Å²) >= 11 is 2.73. The molecule has 0 radical (unpaired) electrons. The third-order valence-electron chi connectivity index (χ3n) is 6.50. The Bertz CT molecular complexity index is 1630. The highest BCUT2D eigenvalue weighted by molar-refractivity contribution is 8.00. The van der Waals surface area contributed by atoms with Gasteiger partial charge < -0.3 is 10.6 Å². The van der Waals surface area contributed by atoms with E-state index in [0.717, 1.165) is 20.9 Å². The van der Waals surface area contributed by atoms with Crippen LogP contribution >= 0.6 is 23.1 Å². The summed E-state index contributed by atoms with van der Waals surface area (Å²) in [5.74, 6) is -1.37. The molecule has 1 saturated heterocycles. The number of hydrogen-bond donors (Lipinski definition) is 2. The van der Waals surface area contributed by atoms with Crippen LogP contribution in [0, 0.1) is 13.8 Å². The Labute approximate surface area is 246 Å². The number of para-hydroxylation sites is 1. The Morgan fingerprint density at radius 2 is 1.66 bits per heavy atom. The Hall–Kier alpha value is -4.47. The summed E-state index contributed by atoms with van der Waals surface area (Å²) in [5, 5.41) is 6.89. The van der Waals surface area contributed by atoms with Crippen molar-refractivity contribution in [3.05, 3.63) is 118 Å². The molecule has 4 amide bonds. The van der Waals surface area contributed by atoms with Gasteiger partial charge in [-0.1, -0.05) is 48.5 Å². The maximum atomic E-state index is 13.3. The van der Waals surface area contributed by atoms with Crippen molar-refractivity contribution in [3.8, 4) is 0 Å². The van der Waals surface area contributed by atoms with E-state index < -0.39 is 17.1 Å². The predicted molar refractivity (Wildman–Crippen MR) is 164 cm³/mol. The van der Waals surface area contributed by atoms with Crippen molar-refractivity contribution in [2.45, 2.75) is 30.4 Å². The molecular weight excluding hydrogens is 555 g/mol. The number of thioether (sulfide) groups is 1. The van der Waals surface area contributed by atoms with Crippen LogP contribution in [-0.4, -0.2) is 28.9 Å². The third-order valence-corrected chi connectivity index (χ3v) is 8.50. The van der Waals surface area contributed by atoms with Crippen molar-refractivity contribution in [2.75, 3.05) is 10.2 Å². The minimum Gasteiger partial charge on any atom is -0.321 e. The molecule has 7 nitrogen and oxygen atoms in total. The van der Waals surface area contributed by atoms with Gasteiger partial charge in [-0.15, -0.1) is 23.1 Å². The molecule has 206 valence electrons. The van der Waals surface area contributed by atoms with Gasteiger partial charge in [-0.3, -0.25) is 19.2 Å². The van der Waals surface area contributed by atoms with Crippen molar-refractivity contribution in [2.24, 2.45) is 0 Å². The van der Waals surface area contributed by atoms with E-state index in [4.69, 9.17) is 0 Å². The van der Waals surface area contributed by atoms with Crippen LogP contribution in [0.3, 0.4) is 0 Å². The zero-order valence-corrected chi connectivity index (χ0v) is 24.1. The SMILES string of the molecule is Cc1cccc(C)c1N1C(=O)C[C@@H](Sc2cccc(NC(=O)/C(=C/c3cccs3)NC(=O)c3ccccc3)c2)C1=O. The Morgan fingerprint density at radius 3 is 2.37 bits per heavy atom. The van der Waals surface area contributed by atoms with E-state index >= 15 is 0 Å². The van der Waals surface area contributed by atoms with E-state index in [1.165, 1.54) is 28.0 Å². The monoisotopic (exact) mass is 581 g/mol. The predicted octanol–water partition coefficient (Wildman–Crippen LogP) is 6.20. The van der Waals surface area contributed by atoms with Gasteiger partial charge in [-0.05, 0) is 72.8 Å². The van der Waals surface area contributed by atoms with Crippen molar-refractivity contribution in [3.63, 3.8) is 0 Å². The quantitative estimate of drug-likeness (QED) is 0.191. The lowest BCUT2D eigenvalue weighted by Gasteiger charge is -2.19. The molecule has 1 atom stereocenters. The van der Waals surface area contributed by atoms with E-state index in [-0.39, 0.29) is 23.9 Å². The minimum absolute atomic E-state index is 0.0904. The molecule has 0 aliphatic carbocycles. The molecule has 1 aliphatic heterocycles. The lowest BCUT2D eigenvalue weighted by Crippen LogP contribution is -2.32. The van der Waals surface area contributed by atoms with Gasteiger partial charge >= 0.3 is 0 Å². The van der Waals surface area contributed by atoms with Crippen LogP contribution < -0.4 is 15.5 Å². The normalized spacial score (nSPS) is 15.2. The fourth-order valence-corrected chi connectivity index (χ4v) is 6.33. The number of anilines is 2. The topological polar surface area (TPSA) is 95.6 Å². The number of hydrogen-bond acceptors (Lipinski definition) is 6. The van der Waals surface area contributed by atoms with Gasteiger partial charge in [-0.2, -0.15) is 0 Å². The fourth-order valence-electron chi connectivity index (χ4n) is 4.56. The molecular formula is C32H27N3O4S2. The number of carbonyl (C=O) groups excluding carboxylic acids is 4. The van der Waals surface area contributed by atoms with Crippen LogP contribution in [0.2, 0.25) is 0 Å². The highest BCUT2D eigenvalue weighted by Crippen LogP contribution is 2.37. The molecule has 4 aromatic rings. The second kappa shape index (κ2) is 12.4. The maximum Gasteiger partial charge on any atom is 0.272 e. The van der Waals surface area contributed by atoms with E-state index in [1.807, 2.05) is 61.7 Å². The first kappa shape index (κ1) is 28.1. The number of nitrogens with one attached hydrogen (secondary N) is 2. The van der Waals surface area contributed by atoms with Crippen molar-refractivity contribution >= 4 is 64.2 Å². The number of thiophene rings is 1. The lowest BCUT2D eigenvalue weighted by atomic mass is 10.1. The molecule has 9 heteroatoms. The van der Waals surface area contributed by atoms with Gasteiger partial charge in [0.25, 0.3) is 11.8 Å². The Morgan fingerprint density at radius 1 is 0.927 bits per heavy atom. The zero-order chi connectivity index (χ0) is 28.9. The van der Waals surface area contributed by atoms with Crippen molar-refractivity contribution in [1.29, 1.82) is 0 Å². The van der Waals surface area contributed by atoms with Crippen LogP contribution in [0.25, 0.3) is 6.08 Å². The van der Waals surface area contributed by atoms with Crippen LogP contribution in [0.5, 0.6) is 0 Å². The minimum atomic E-state index is -0.577. The maximum absolute atomic E-state index is 13.3. The number of carbonyl (C=O) groups is 4. The molecule has 3 aromatic carbocycles. The summed E-state index contributed by atoms with van der Waals surface area (Å²) in [4.78, 5) is 55.2. The van der Waals surface area contributed by atoms with Crippen LogP contribution in [0.1, 0.15) is 32.8 Å². The van der Waals surface area contributed by atoms with E-state index in [2.05, 4.69) is 10.6 Å². The second-order valence-corrected chi connectivity index (χ2v) is 11.7. The number of rotatable bonds is 8. The number of imide groups is 1. The first-order chi connectivity index (χ1) is 19.8. The fraction of sp³-hybridized carbons (Fsp3) is 0.125. The average molecular weight is 582 g/mol. The first-order valence-corrected chi connectivity index (χ1v) is 14.7. The summed E-state index contributed by atoms with van der Waals surface area (Å²) in [6.07, 6.45) is 1.72. The molecule has 0 spiro atoms. The summed E-state index contributed by atoms with van der Waals surface area (Å²) in [7, 11) is 0. The summed E-state index contributed by atoms with van der Waals surface area (Å²) in [6.45, 7) is 3.78. The van der Waals surface area contributed by atoms with Crippen LogP contribution in [0.4, 0.5) is 11.4 Å². The molecule has 0 unspecified atom stereocenters. The molecule has 1 fully saturated rings. The summed E-state index contributed by atoms with van der Waals surface area (Å²) in [6, 6.07) is 25.2. The Kier molecular flexibility index (Phi) is 8.47. The van der Waals surface area contributed by atoms with Gasteiger partial charge in [0.1, 0.15) is 5.70 Å². The van der Waals surface area contributed by atoms with Gasteiger partial charge in [0.2, 0.25) is 11.8 Å². The second-order valence-electron chi connectivity index (χ2n) is 9.49. The van der Waals surface area contributed by atoms with E-state index in [9.17, 15) is 19.2 Å². The molecule has 0 saturated carbocycles. The molecule has 41 heavy (non-hydrogen) atoms. The van der Waals surface area contributed by atoms with Crippen molar-refractivity contribution < 1.29 is 19.2 Å². The third kappa shape index (κ3) is 6.48. The van der Waals surface area contributed by atoms with Gasteiger partial charge in [0.05, 0.1) is 10.9 Å². The highest BCUT2D eigenvalue weighted by Gasteiger charge is 2.41. The molecule has 5 rings (SSSR count). The highest BCUT2D eigenvalue weighted by atomic mass is 32.2. The smallest absolute Gasteiger partial charge is 0.272 e. The first-order valence-electron chi connectivity index (χ1n) is 12.9. The average Bonchev–Trinajstić information content (AvgIpc) is 3.57. The summed E-state index contributed by atoms with van der Waals surface area (Å²) in [5.41, 5.74) is 3.41. The van der Waals surface area contributed by atoms with Crippen LogP contribution in [-0.2, 0) is 14.4 Å². The molecule has 1 aliphatic rings. The van der Waals surface area contributed by atoms with Gasteiger partial charge in [0.15, 0.2) is 0 Å². The Balaban J connectivity index is 1.31. The van der Waals surface area contributed by atoms with E-state index in [1.54, 1.807) is 48.5 Å². The molecule has 0 bridgehead atoms. The summed E-state index contributed by atoms with van der Waals surface area (Å²) < 4.78 is 0. The number of nitrogens with zero attached hydrogens (tertiary/aromatic N) is 1. The van der Waals surface area contributed by atoms with Gasteiger partial charge in [-0.25, -0.2) is 4.90 Å². The molecule has 2 heterocycles. The number of aryl methyl sites for hydroxylation is 2. The molecule has 2 N–H and O–H groups in total. The number of amides is 4. The van der Waals surface area contributed by atoms with E-state index in [0.29, 0.717) is 16.9 Å². The van der Waals surface area contributed by atoms with Crippen LogP contribution in [0.15, 0.2) is 101 Å². The molecule has 1 aromatic heterocycles. The number of benzene rings is 3. The van der Waals surface area contributed by atoms with Crippen molar-refractivity contribution in [1.82, 2.24) is 5.32 Å². The standard InChI is InChI=1S/C32H27N3O4S2/c1-20-9-6-10-21(2)29(20)35-28(36)19-27(32(35)39)41-25-14-7-13-23(17-25)33-31(38)26(18-24-15-8-16-40-24)34-30(37)22-11-4-3-5-12-22/h3-18,27H,19H2,1-2H3,(H,33,38)(H,34,37)/b26-18-/t27-/m1/s1. The van der Waals surface area contributed by atoms with Gasteiger partial charge in [0, 0.05) is 27.4 Å². The largest absolute Gasteiger partial charge is 0.321 e. The zero-order valence-electron chi connectivity index (χ0n) is 22.4.